The molecule has 3 heterocycles. The van der Waals surface area contributed by atoms with Crippen LogP contribution in [0.3, 0.4) is 0 Å². The predicted octanol–water partition coefficient (Wildman–Crippen LogP) is 0.673. The maximum Gasteiger partial charge on any atom is 0.228 e. The highest BCUT2D eigenvalue weighted by Crippen LogP contribution is 2.30. The largest absolute Gasteiger partial charge is 0.478 e. The molecule has 2 atom stereocenters. The molecule has 0 aliphatic carbocycles. The van der Waals surface area contributed by atoms with Gasteiger partial charge in [0.2, 0.25) is 11.8 Å². The number of hydrogen-bond donors (Lipinski definition) is 1. The molecule has 17 heavy (non-hydrogen) atoms. The van der Waals surface area contributed by atoms with Crippen LogP contribution in [0.25, 0.3) is 0 Å². The van der Waals surface area contributed by atoms with E-state index in [9.17, 15) is 0 Å². The van der Waals surface area contributed by atoms with Gasteiger partial charge in [-0.25, -0.2) is 4.98 Å². The molecule has 1 aromatic heterocycles. The van der Waals surface area contributed by atoms with Gasteiger partial charge >= 0.3 is 0 Å². The second kappa shape index (κ2) is 4.49. The average molecular weight is 234 g/mol. The summed E-state index contributed by atoms with van der Waals surface area (Å²) in [6.07, 6.45) is 3.02. The highest BCUT2D eigenvalue weighted by atomic mass is 16.5. The molecule has 92 valence electrons. The Morgan fingerprint density at radius 3 is 3.35 bits per heavy atom. The van der Waals surface area contributed by atoms with Crippen molar-refractivity contribution in [2.45, 2.75) is 19.4 Å². The normalized spacial score (nSPS) is 27.2. The van der Waals surface area contributed by atoms with Crippen molar-refractivity contribution in [2.75, 3.05) is 31.1 Å². The van der Waals surface area contributed by atoms with Crippen LogP contribution < -0.4 is 15.0 Å². The number of anilines is 1. The fraction of sp³-hybridized carbons (Fsp3) is 0.667. The van der Waals surface area contributed by atoms with Crippen LogP contribution in [0.4, 0.5) is 5.95 Å². The molecule has 0 saturated carbocycles. The first-order valence-corrected chi connectivity index (χ1v) is 6.31. The molecule has 2 saturated heterocycles. The van der Waals surface area contributed by atoms with E-state index in [1.54, 1.807) is 6.20 Å². The third-order valence-corrected chi connectivity index (χ3v) is 3.61. The SMILES string of the molecule is CCOc1ccnc(N2CC[C@H]3CNC[C@H]32)n1. The molecule has 2 aliphatic rings. The summed E-state index contributed by atoms with van der Waals surface area (Å²) in [7, 11) is 0. The van der Waals surface area contributed by atoms with Crippen molar-refractivity contribution in [3.05, 3.63) is 12.3 Å². The molecular formula is C12H18N4O. The molecule has 0 spiro atoms. The number of fused-ring (bicyclic) bond motifs is 1. The molecule has 0 aromatic carbocycles. The third-order valence-electron chi connectivity index (χ3n) is 3.61. The minimum Gasteiger partial charge on any atom is -0.478 e. The Labute approximate surface area is 101 Å². The highest BCUT2D eigenvalue weighted by molar-refractivity contribution is 5.37. The van der Waals surface area contributed by atoms with Crippen molar-refractivity contribution in [1.29, 1.82) is 0 Å². The first-order valence-electron chi connectivity index (χ1n) is 6.31. The topological polar surface area (TPSA) is 50.3 Å². The molecule has 2 aliphatic heterocycles. The van der Waals surface area contributed by atoms with Gasteiger partial charge in [0.1, 0.15) is 0 Å². The van der Waals surface area contributed by atoms with Crippen molar-refractivity contribution in [3.63, 3.8) is 0 Å². The van der Waals surface area contributed by atoms with Gasteiger partial charge in [0.05, 0.1) is 6.61 Å². The molecule has 1 aromatic rings. The fourth-order valence-electron chi connectivity index (χ4n) is 2.80. The van der Waals surface area contributed by atoms with Crippen molar-refractivity contribution in [1.82, 2.24) is 15.3 Å². The minimum atomic E-state index is 0.562. The van der Waals surface area contributed by atoms with Crippen LogP contribution in [-0.2, 0) is 0 Å². The molecule has 5 nitrogen and oxygen atoms in total. The van der Waals surface area contributed by atoms with E-state index >= 15 is 0 Å². The van der Waals surface area contributed by atoms with E-state index in [1.807, 2.05) is 13.0 Å². The lowest BCUT2D eigenvalue weighted by molar-refractivity contribution is 0.326. The lowest BCUT2D eigenvalue weighted by atomic mass is 10.1. The van der Waals surface area contributed by atoms with Crippen molar-refractivity contribution in [2.24, 2.45) is 5.92 Å². The van der Waals surface area contributed by atoms with Crippen molar-refractivity contribution >= 4 is 5.95 Å². The van der Waals surface area contributed by atoms with Gasteiger partial charge in [0.15, 0.2) is 0 Å². The van der Waals surface area contributed by atoms with E-state index in [-0.39, 0.29) is 0 Å². The minimum absolute atomic E-state index is 0.562. The average Bonchev–Trinajstić information content (AvgIpc) is 2.91. The summed E-state index contributed by atoms with van der Waals surface area (Å²) in [5, 5.41) is 3.44. The summed E-state index contributed by atoms with van der Waals surface area (Å²) in [6, 6.07) is 2.37. The Morgan fingerprint density at radius 2 is 2.47 bits per heavy atom. The van der Waals surface area contributed by atoms with E-state index in [2.05, 4.69) is 20.2 Å². The summed E-state index contributed by atoms with van der Waals surface area (Å²) >= 11 is 0. The molecule has 0 amide bonds. The number of aromatic nitrogens is 2. The lowest BCUT2D eigenvalue weighted by Crippen LogP contribution is -2.35. The monoisotopic (exact) mass is 234 g/mol. The molecule has 2 fully saturated rings. The third kappa shape index (κ3) is 1.95. The fourth-order valence-corrected chi connectivity index (χ4v) is 2.80. The summed E-state index contributed by atoms with van der Waals surface area (Å²) in [4.78, 5) is 11.2. The van der Waals surface area contributed by atoms with E-state index in [0.29, 0.717) is 18.5 Å². The second-order valence-corrected chi connectivity index (χ2v) is 4.60. The quantitative estimate of drug-likeness (QED) is 0.833. The Bertz CT molecular complexity index is 398. The van der Waals surface area contributed by atoms with Crippen LogP contribution in [0.15, 0.2) is 12.3 Å². The maximum absolute atomic E-state index is 5.42. The molecule has 0 unspecified atom stereocenters. The molecule has 0 radical (unpaired) electrons. The standard InChI is InChI=1S/C12H18N4O/c1-2-17-11-3-5-14-12(15-11)16-6-4-9-7-13-8-10(9)16/h3,5,9-10,13H,2,4,6-8H2,1H3/t9-,10+/m0/s1. The Hall–Kier alpha value is -1.36. The zero-order chi connectivity index (χ0) is 11.7. The molecule has 3 rings (SSSR count). The second-order valence-electron chi connectivity index (χ2n) is 4.60. The Morgan fingerprint density at radius 1 is 1.53 bits per heavy atom. The number of nitrogens with one attached hydrogen (secondary N) is 1. The van der Waals surface area contributed by atoms with Gasteiger partial charge in [-0.3, -0.25) is 0 Å². The molecule has 1 N–H and O–H groups in total. The van der Waals surface area contributed by atoms with Gasteiger partial charge in [-0.05, 0) is 19.3 Å². The smallest absolute Gasteiger partial charge is 0.228 e. The zero-order valence-electron chi connectivity index (χ0n) is 10.1. The van der Waals surface area contributed by atoms with Crippen LogP contribution in [0.1, 0.15) is 13.3 Å². The van der Waals surface area contributed by atoms with Crippen LogP contribution in [0, 0.1) is 5.92 Å². The number of rotatable bonds is 3. The van der Waals surface area contributed by atoms with Crippen LogP contribution in [0.2, 0.25) is 0 Å². The van der Waals surface area contributed by atoms with E-state index < -0.39 is 0 Å². The number of ether oxygens (including phenoxy) is 1. The summed E-state index contributed by atoms with van der Waals surface area (Å²) < 4.78 is 5.42. The predicted molar refractivity (Wildman–Crippen MR) is 65.3 cm³/mol. The summed E-state index contributed by atoms with van der Waals surface area (Å²) in [5.41, 5.74) is 0. The molecule has 0 bridgehead atoms. The van der Waals surface area contributed by atoms with Crippen LogP contribution >= 0.6 is 0 Å². The maximum atomic E-state index is 5.42. The first kappa shape index (κ1) is 10.8. The number of hydrogen-bond acceptors (Lipinski definition) is 5. The van der Waals surface area contributed by atoms with E-state index in [0.717, 1.165) is 31.5 Å². The van der Waals surface area contributed by atoms with Crippen LogP contribution in [-0.4, -0.2) is 42.3 Å². The Kier molecular flexibility index (Phi) is 2.84. The summed E-state index contributed by atoms with van der Waals surface area (Å²) in [5.74, 6) is 2.24. The molecular weight excluding hydrogens is 216 g/mol. The van der Waals surface area contributed by atoms with Gasteiger partial charge in [-0.1, -0.05) is 0 Å². The van der Waals surface area contributed by atoms with Gasteiger partial charge < -0.3 is 15.0 Å². The van der Waals surface area contributed by atoms with Gasteiger partial charge in [-0.2, -0.15) is 4.98 Å². The molecule has 5 heteroatoms. The highest BCUT2D eigenvalue weighted by Gasteiger charge is 2.38. The number of nitrogens with zero attached hydrogens (tertiary/aromatic N) is 3. The zero-order valence-corrected chi connectivity index (χ0v) is 10.1. The van der Waals surface area contributed by atoms with Crippen LogP contribution in [0.5, 0.6) is 5.88 Å². The van der Waals surface area contributed by atoms with E-state index in [1.165, 1.54) is 6.42 Å². The van der Waals surface area contributed by atoms with E-state index in [4.69, 9.17) is 4.74 Å². The lowest BCUT2D eigenvalue weighted by Gasteiger charge is -2.23. The van der Waals surface area contributed by atoms with Crippen molar-refractivity contribution in [3.8, 4) is 5.88 Å². The van der Waals surface area contributed by atoms with Gasteiger partial charge in [0, 0.05) is 37.9 Å². The Balaban J connectivity index is 1.81. The van der Waals surface area contributed by atoms with Gasteiger partial charge in [0.25, 0.3) is 0 Å². The summed E-state index contributed by atoms with van der Waals surface area (Å²) in [6.45, 7) is 5.85. The van der Waals surface area contributed by atoms with Crippen molar-refractivity contribution < 1.29 is 4.74 Å². The van der Waals surface area contributed by atoms with Gasteiger partial charge in [-0.15, -0.1) is 0 Å². The first-order chi connectivity index (χ1) is 8.38.